The van der Waals surface area contributed by atoms with Crippen LogP contribution in [0.1, 0.15) is 5.56 Å². The Labute approximate surface area is 159 Å². The molecule has 0 fully saturated rings. The molecule has 136 valence electrons. The average molecular weight is 380 g/mol. The summed E-state index contributed by atoms with van der Waals surface area (Å²) >= 11 is 1.34. The molecule has 4 rings (SSSR count). The summed E-state index contributed by atoms with van der Waals surface area (Å²) in [6.07, 6.45) is 3.43. The van der Waals surface area contributed by atoms with Crippen molar-refractivity contribution in [3.8, 4) is 27.8 Å². The molecular formula is C20H16N2O4S. The lowest BCUT2D eigenvalue weighted by Gasteiger charge is -2.03. The predicted molar refractivity (Wildman–Crippen MR) is 103 cm³/mol. The summed E-state index contributed by atoms with van der Waals surface area (Å²) < 4.78 is 16.1. The van der Waals surface area contributed by atoms with Crippen molar-refractivity contribution in [1.29, 1.82) is 0 Å². The molecule has 0 aliphatic carbocycles. The summed E-state index contributed by atoms with van der Waals surface area (Å²) in [7, 11) is 1.61. The van der Waals surface area contributed by atoms with E-state index in [0.717, 1.165) is 16.2 Å². The number of benzene rings is 1. The summed E-state index contributed by atoms with van der Waals surface area (Å²) in [5.74, 6) is 1.90. The molecule has 0 atom stereocenters. The lowest BCUT2D eigenvalue weighted by molar-refractivity contribution is -0.115. The fourth-order valence-corrected chi connectivity index (χ4v) is 3.58. The van der Waals surface area contributed by atoms with Gasteiger partial charge in [0.25, 0.3) is 0 Å². The highest BCUT2D eigenvalue weighted by Crippen LogP contribution is 2.39. The number of carbonyl (C=O) groups excluding carboxylic acids is 1. The van der Waals surface area contributed by atoms with Crippen molar-refractivity contribution in [3.63, 3.8) is 0 Å². The van der Waals surface area contributed by atoms with Gasteiger partial charge < -0.3 is 18.9 Å². The van der Waals surface area contributed by atoms with Crippen LogP contribution in [0, 0.1) is 0 Å². The topological polar surface area (TPSA) is 77.5 Å². The molecule has 0 saturated heterocycles. The van der Waals surface area contributed by atoms with Crippen molar-refractivity contribution in [1.82, 2.24) is 4.98 Å². The number of ether oxygens (including phenoxy) is 1. The molecule has 1 amide bonds. The van der Waals surface area contributed by atoms with Gasteiger partial charge in [-0.25, -0.2) is 4.98 Å². The Bertz CT molecular complexity index is 967. The molecule has 4 aromatic rings. The maximum Gasteiger partial charge on any atom is 0.230 e. The van der Waals surface area contributed by atoms with Gasteiger partial charge in [0.15, 0.2) is 10.9 Å². The van der Waals surface area contributed by atoms with Crippen molar-refractivity contribution in [2.75, 3.05) is 12.4 Å². The van der Waals surface area contributed by atoms with Gasteiger partial charge in [-0.1, -0.05) is 23.5 Å². The molecule has 1 aromatic carbocycles. The van der Waals surface area contributed by atoms with E-state index in [2.05, 4.69) is 10.3 Å². The highest BCUT2D eigenvalue weighted by molar-refractivity contribution is 7.19. The van der Waals surface area contributed by atoms with Gasteiger partial charge in [0.1, 0.15) is 22.1 Å². The molecule has 6 nitrogen and oxygen atoms in total. The average Bonchev–Trinajstić information content (AvgIpc) is 3.43. The van der Waals surface area contributed by atoms with Crippen molar-refractivity contribution in [3.05, 3.63) is 66.6 Å². The summed E-state index contributed by atoms with van der Waals surface area (Å²) in [5.41, 5.74) is 1.53. The Hall–Kier alpha value is -3.32. The van der Waals surface area contributed by atoms with E-state index in [1.165, 1.54) is 11.3 Å². The van der Waals surface area contributed by atoms with Gasteiger partial charge in [0, 0.05) is 0 Å². The maximum absolute atomic E-state index is 12.4. The van der Waals surface area contributed by atoms with Gasteiger partial charge >= 0.3 is 0 Å². The fourth-order valence-electron chi connectivity index (χ4n) is 2.62. The Morgan fingerprint density at radius 3 is 2.41 bits per heavy atom. The van der Waals surface area contributed by atoms with E-state index < -0.39 is 0 Å². The quantitative estimate of drug-likeness (QED) is 0.517. The molecule has 7 heteroatoms. The van der Waals surface area contributed by atoms with Crippen LogP contribution in [0.5, 0.6) is 5.75 Å². The van der Waals surface area contributed by atoms with E-state index >= 15 is 0 Å². The number of hydrogen-bond donors (Lipinski definition) is 1. The van der Waals surface area contributed by atoms with Gasteiger partial charge in [0.2, 0.25) is 5.91 Å². The number of carbonyl (C=O) groups is 1. The van der Waals surface area contributed by atoms with Crippen molar-refractivity contribution in [2.45, 2.75) is 6.42 Å². The zero-order chi connectivity index (χ0) is 18.6. The number of nitrogens with zero attached hydrogens (tertiary/aromatic N) is 1. The first-order chi connectivity index (χ1) is 13.2. The summed E-state index contributed by atoms with van der Waals surface area (Å²) in [6.45, 7) is 0. The number of methoxy groups -OCH3 is 1. The van der Waals surface area contributed by atoms with Crippen LogP contribution in [0.15, 0.2) is 69.9 Å². The van der Waals surface area contributed by atoms with E-state index in [1.807, 2.05) is 42.5 Å². The molecule has 3 heterocycles. The second-order valence-corrected chi connectivity index (χ2v) is 6.72. The van der Waals surface area contributed by atoms with Crippen LogP contribution in [0.4, 0.5) is 5.13 Å². The third-order valence-corrected chi connectivity index (χ3v) is 4.88. The van der Waals surface area contributed by atoms with Gasteiger partial charge in [-0.2, -0.15) is 0 Å². The lowest BCUT2D eigenvalue weighted by atomic mass is 10.1. The minimum absolute atomic E-state index is 0.147. The van der Waals surface area contributed by atoms with E-state index in [0.29, 0.717) is 22.3 Å². The van der Waals surface area contributed by atoms with Crippen LogP contribution in [-0.2, 0) is 11.2 Å². The Morgan fingerprint density at radius 2 is 1.78 bits per heavy atom. The highest BCUT2D eigenvalue weighted by Gasteiger charge is 2.20. The van der Waals surface area contributed by atoms with Crippen molar-refractivity contribution >= 4 is 22.4 Å². The number of nitrogens with one attached hydrogen (secondary N) is 1. The monoisotopic (exact) mass is 380 g/mol. The second kappa shape index (κ2) is 7.51. The molecule has 1 N–H and O–H groups in total. The first kappa shape index (κ1) is 17.1. The summed E-state index contributed by atoms with van der Waals surface area (Å²) in [4.78, 5) is 17.7. The number of anilines is 1. The number of hydrogen-bond acceptors (Lipinski definition) is 6. The Balaban J connectivity index is 1.55. The maximum atomic E-state index is 12.4. The molecule has 0 bridgehead atoms. The van der Waals surface area contributed by atoms with E-state index in [-0.39, 0.29) is 12.3 Å². The molecule has 27 heavy (non-hydrogen) atoms. The molecule has 0 aliphatic rings. The van der Waals surface area contributed by atoms with Crippen LogP contribution in [0.3, 0.4) is 0 Å². The smallest absolute Gasteiger partial charge is 0.230 e. The van der Waals surface area contributed by atoms with Crippen LogP contribution in [-0.4, -0.2) is 18.0 Å². The Kier molecular flexibility index (Phi) is 4.76. The second-order valence-electron chi connectivity index (χ2n) is 5.72. The van der Waals surface area contributed by atoms with Gasteiger partial charge in [0.05, 0.1) is 26.1 Å². The minimum Gasteiger partial charge on any atom is -0.497 e. The van der Waals surface area contributed by atoms with Crippen LogP contribution < -0.4 is 10.1 Å². The zero-order valence-corrected chi connectivity index (χ0v) is 15.3. The predicted octanol–water partition coefficient (Wildman–Crippen LogP) is 4.85. The van der Waals surface area contributed by atoms with Crippen molar-refractivity contribution < 1.29 is 18.4 Å². The first-order valence-electron chi connectivity index (χ1n) is 8.24. The van der Waals surface area contributed by atoms with E-state index in [9.17, 15) is 4.79 Å². The highest BCUT2D eigenvalue weighted by atomic mass is 32.1. The van der Waals surface area contributed by atoms with E-state index in [4.69, 9.17) is 13.6 Å². The first-order valence-corrected chi connectivity index (χ1v) is 9.06. The number of furan rings is 2. The zero-order valence-electron chi connectivity index (χ0n) is 14.5. The third kappa shape index (κ3) is 3.78. The van der Waals surface area contributed by atoms with Crippen molar-refractivity contribution in [2.24, 2.45) is 0 Å². The minimum atomic E-state index is -0.147. The molecule has 0 saturated carbocycles. The molecule has 0 aliphatic heterocycles. The van der Waals surface area contributed by atoms with Gasteiger partial charge in [-0.3, -0.25) is 4.79 Å². The number of thiazole rings is 1. The standard InChI is InChI=1S/C20H16N2O4S/c1-24-14-8-6-13(7-9-14)12-17(23)21-20-22-18(15-4-2-10-25-15)19(27-20)16-5-3-11-26-16/h2-11H,12H2,1H3,(H,21,22,23). The fraction of sp³-hybridized carbons (Fsp3) is 0.100. The van der Waals surface area contributed by atoms with E-state index in [1.54, 1.807) is 25.7 Å². The number of rotatable bonds is 6. The third-order valence-electron chi connectivity index (χ3n) is 3.90. The lowest BCUT2D eigenvalue weighted by Crippen LogP contribution is -2.14. The van der Waals surface area contributed by atoms with Crippen LogP contribution >= 0.6 is 11.3 Å². The summed E-state index contributed by atoms with van der Waals surface area (Å²) in [5, 5.41) is 3.35. The molecule has 3 aromatic heterocycles. The number of aromatic nitrogens is 1. The van der Waals surface area contributed by atoms with Gasteiger partial charge in [-0.05, 0) is 42.0 Å². The van der Waals surface area contributed by atoms with Crippen LogP contribution in [0.2, 0.25) is 0 Å². The largest absolute Gasteiger partial charge is 0.497 e. The molecule has 0 radical (unpaired) electrons. The normalized spacial score (nSPS) is 10.7. The SMILES string of the molecule is COc1ccc(CC(=O)Nc2nc(-c3ccco3)c(-c3ccco3)s2)cc1. The Morgan fingerprint density at radius 1 is 1.07 bits per heavy atom. The molecule has 0 unspecified atom stereocenters. The molecule has 0 spiro atoms. The molecular weight excluding hydrogens is 364 g/mol. The number of amides is 1. The van der Waals surface area contributed by atoms with Crippen LogP contribution in [0.25, 0.3) is 22.1 Å². The van der Waals surface area contributed by atoms with Gasteiger partial charge in [-0.15, -0.1) is 0 Å². The summed E-state index contributed by atoms with van der Waals surface area (Å²) in [6, 6.07) is 14.7.